The van der Waals surface area contributed by atoms with Crippen LogP contribution in [0, 0.1) is 12.3 Å². The average Bonchev–Trinajstić information content (AvgIpc) is 2.49. The summed E-state index contributed by atoms with van der Waals surface area (Å²) in [6.07, 6.45) is 7.63. The van der Waals surface area contributed by atoms with E-state index in [1.165, 1.54) is 0 Å². The van der Waals surface area contributed by atoms with Gasteiger partial charge in [0.15, 0.2) is 11.5 Å². The van der Waals surface area contributed by atoms with Crippen molar-refractivity contribution in [3.8, 4) is 23.8 Å². The molecule has 0 amide bonds. The Morgan fingerprint density at radius 1 is 1.24 bits per heavy atom. The van der Waals surface area contributed by atoms with Gasteiger partial charge in [0.25, 0.3) is 0 Å². The lowest BCUT2D eigenvalue weighted by atomic mass is 10.0. The number of ether oxygens (including phenoxy) is 2. The van der Waals surface area contributed by atoms with Crippen molar-refractivity contribution in [1.29, 1.82) is 0 Å². The fraction of sp³-hybridized carbons (Fsp3) is 0.200. The Labute approximate surface area is 123 Å². The third-order valence-corrected chi connectivity index (χ3v) is 3.01. The van der Waals surface area contributed by atoms with Gasteiger partial charge in [-0.1, -0.05) is 5.92 Å². The van der Waals surface area contributed by atoms with Gasteiger partial charge in [-0.2, -0.15) is 4.98 Å². The lowest BCUT2D eigenvalue weighted by molar-refractivity contribution is 0.354. The van der Waals surface area contributed by atoms with E-state index in [2.05, 4.69) is 15.9 Å². The fourth-order valence-corrected chi connectivity index (χ4v) is 2.02. The minimum Gasteiger partial charge on any atom is -0.493 e. The lowest BCUT2D eigenvalue weighted by Gasteiger charge is -2.12. The smallest absolute Gasteiger partial charge is 0.221 e. The SMILES string of the molecule is C#Cc1cc(Cc2cnc(N)nc2N)cc(OC)c1OC. The Hall–Kier alpha value is -2.94. The third-order valence-electron chi connectivity index (χ3n) is 3.01. The van der Waals surface area contributed by atoms with Crippen LogP contribution < -0.4 is 20.9 Å². The molecule has 0 spiro atoms. The van der Waals surface area contributed by atoms with Crippen LogP contribution in [0.2, 0.25) is 0 Å². The van der Waals surface area contributed by atoms with Crippen LogP contribution >= 0.6 is 0 Å². The van der Waals surface area contributed by atoms with Gasteiger partial charge in [0, 0.05) is 18.2 Å². The summed E-state index contributed by atoms with van der Waals surface area (Å²) in [4.78, 5) is 7.88. The summed E-state index contributed by atoms with van der Waals surface area (Å²) in [6.45, 7) is 0. The van der Waals surface area contributed by atoms with E-state index in [0.717, 1.165) is 11.1 Å². The molecule has 0 aliphatic heterocycles. The van der Waals surface area contributed by atoms with Crippen LogP contribution in [0.1, 0.15) is 16.7 Å². The van der Waals surface area contributed by atoms with E-state index < -0.39 is 0 Å². The maximum atomic E-state index is 5.84. The second-order valence-corrected chi connectivity index (χ2v) is 4.34. The highest BCUT2D eigenvalue weighted by molar-refractivity contribution is 5.57. The van der Waals surface area contributed by atoms with Crippen LogP contribution in [-0.4, -0.2) is 24.2 Å². The van der Waals surface area contributed by atoms with Crippen molar-refractivity contribution in [1.82, 2.24) is 9.97 Å². The van der Waals surface area contributed by atoms with Crippen molar-refractivity contribution in [3.63, 3.8) is 0 Å². The summed E-state index contributed by atoms with van der Waals surface area (Å²) in [7, 11) is 3.10. The Kier molecular flexibility index (Phi) is 4.14. The van der Waals surface area contributed by atoms with Gasteiger partial charge in [0.1, 0.15) is 5.82 Å². The number of hydrogen-bond donors (Lipinski definition) is 2. The molecule has 0 saturated heterocycles. The first-order chi connectivity index (χ1) is 10.1. The van der Waals surface area contributed by atoms with Crippen LogP contribution in [-0.2, 0) is 6.42 Å². The molecule has 21 heavy (non-hydrogen) atoms. The maximum absolute atomic E-state index is 5.84. The van der Waals surface area contributed by atoms with Crippen molar-refractivity contribution in [2.45, 2.75) is 6.42 Å². The highest BCUT2D eigenvalue weighted by Gasteiger charge is 2.12. The third kappa shape index (κ3) is 2.98. The normalized spacial score (nSPS) is 9.95. The van der Waals surface area contributed by atoms with Crippen molar-refractivity contribution >= 4 is 11.8 Å². The number of methoxy groups -OCH3 is 2. The first kappa shape index (κ1) is 14.5. The molecule has 2 rings (SSSR count). The molecule has 4 N–H and O–H groups in total. The second kappa shape index (κ2) is 6.01. The molecular weight excluding hydrogens is 268 g/mol. The predicted molar refractivity (Wildman–Crippen MR) is 81.1 cm³/mol. The van der Waals surface area contributed by atoms with Crippen molar-refractivity contribution in [2.24, 2.45) is 0 Å². The summed E-state index contributed by atoms with van der Waals surface area (Å²) in [6, 6.07) is 3.69. The summed E-state index contributed by atoms with van der Waals surface area (Å²) >= 11 is 0. The Morgan fingerprint density at radius 3 is 2.57 bits per heavy atom. The highest BCUT2D eigenvalue weighted by atomic mass is 16.5. The van der Waals surface area contributed by atoms with Crippen molar-refractivity contribution in [3.05, 3.63) is 35.0 Å². The summed E-state index contributed by atoms with van der Waals surface area (Å²) in [5, 5.41) is 0. The van der Waals surface area contributed by atoms with Crippen LogP contribution in [0.4, 0.5) is 11.8 Å². The molecule has 1 heterocycles. The summed E-state index contributed by atoms with van der Waals surface area (Å²) in [5.41, 5.74) is 13.6. The van der Waals surface area contributed by atoms with Crippen molar-refractivity contribution < 1.29 is 9.47 Å². The molecule has 1 aromatic carbocycles. The molecule has 0 radical (unpaired) electrons. The number of rotatable bonds is 4. The topological polar surface area (TPSA) is 96.3 Å². The zero-order valence-electron chi connectivity index (χ0n) is 11.9. The van der Waals surface area contributed by atoms with E-state index in [1.54, 1.807) is 20.4 Å². The minimum atomic E-state index is 0.146. The van der Waals surface area contributed by atoms with E-state index in [0.29, 0.717) is 29.3 Å². The summed E-state index contributed by atoms with van der Waals surface area (Å²) < 4.78 is 10.6. The predicted octanol–water partition coefficient (Wildman–Crippen LogP) is 1.23. The number of terminal acetylenes is 1. The molecule has 0 aliphatic rings. The molecule has 6 nitrogen and oxygen atoms in total. The molecule has 2 aromatic rings. The van der Waals surface area contributed by atoms with E-state index >= 15 is 0 Å². The molecule has 108 valence electrons. The number of hydrogen-bond acceptors (Lipinski definition) is 6. The zero-order valence-corrected chi connectivity index (χ0v) is 11.9. The largest absolute Gasteiger partial charge is 0.493 e. The molecule has 0 bridgehead atoms. The molecule has 0 saturated carbocycles. The molecule has 0 unspecified atom stereocenters. The standard InChI is InChI=1S/C15H16N4O2/c1-4-10-5-9(7-12(20-2)13(10)21-3)6-11-8-18-15(17)19-14(11)16/h1,5,7-8H,6H2,2-3H3,(H4,16,17,18,19). The second-order valence-electron chi connectivity index (χ2n) is 4.34. The van der Waals surface area contributed by atoms with Crippen LogP contribution in [0.15, 0.2) is 18.3 Å². The first-order valence-electron chi connectivity index (χ1n) is 6.17. The van der Waals surface area contributed by atoms with E-state index in [-0.39, 0.29) is 5.95 Å². The van der Waals surface area contributed by atoms with Gasteiger partial charge in [0.05, 0.1) is 19.8 Å². The van der Waals surface area contributed by atoms with Gasteiger partial charge in [-0.25, -0.2) is 4.98 Å². The number of anilines is 2. The average molecular weight is 284 g/mol. The van der Waals surface area contributed by atoms with Gasteiger partial charge in [-0.05, 0) is 17.7 Å². The summed E-state index contributed by atoms with van der Waals surface area (Å²) in [5.74, 6) is 4.18. The fourth-order valence-electron chi connectivity index (χ4n) is 2.02. The van der Waals surface area contributed by atoms with Gasteiger partial charge >= 0.3 is 0 Å². The minimum absolute atomic E-state index is 0.146. The first-order valence-corrected chi connectivity index (χ1v) is 6.17. The molecular formula is C15H16N4O2. The Bertz CT molecular complexity index is 708. The Balaban J connectivity index is 2.43. The van der Waals surface area contributed by atoms with Crippen LogP contribution in [0.5, 0.6) is 11.5 Å². The zero-order chi connectivity index (χ0) is 15.4. The van der Waals surface area contributed by atoms with E-state index in [1.807, 2.05) is 12.1 Å². The molecule has 0 aliphatic carbocycles. The van der Waals surface area contributed by atoms with Crippen LogP contribution in [0.3, 0.4) is 0 Å². The number of nitrogens with zero attached hydrogens (tertiary/aromatic N) is 2. The number of nitrogen functional groups attached to an aromatic ring is 2. The quantitative estimate of drug-likeness (QED) is 0.820. The van der Waals surface area contributed by atoms with Gasteiger partial charge in [-0.3, -0.25) is 0 Å². The monoisotopic (exact) mass is 284 g/mol. The molecule has 1 aromatic heterocycles. The number of benzene rings is 1. The molecule has 6 heteroatoms. The van der Waals surface area contributed by atoms with Crippen LogP contribution in [0.25, 0.3) is 0 Å². The maximum Gasteiger partial charge on any atom is 0.221 e. The van der Waals surface area contributed by atoms with Crippen molar-refractivity contribution in [2.75, 3.05) is 25.7 Å². The van der Waals surface area contributed by atoms with E-state index in [9.17, 15) is 0 Å². The highest BCUT2D eigenvalue weighted by Crippen LogP contribution is 2.33. The number of nitrogens with two attached hydrogens (primary N) is 2. The molecule has 0 atom stereocenters. The Morgan fingerprint density at radius 2 is 2.00 bits per heavy atom. The lowest BCUT2D eigenvalue weighted by Crippen LogP contribution is -2.04. The van der Waals surface area contributed by atoms with Gasteiger partial charge < -0.3 is 20.9 Å². The van der Waals surface area contributed by atoms with E-state index in [4.69, 9.17) is 27.4 Å². The molecule has 0 fully saturated rings. The van der Waals surface area contributed by atoms with Gasteiger partial charge in [-0.15, -0.1) is 6.42 Å². The van der Waals surface area contributed by atoms with Gasteiger partial charge in [0.2, 0.25) is 5.95 Å². The number of aromatic nitrogens is 2.